The quantitative estimate of drug-likeness (QED) is 0.122. The molecule has 264 valence electrons. The monoisotopic (exact) mass is 808 g/mol. The number of azo groups is 2. The number of ether oxygens (including phenoxy) is 2. The average molecular weight is 810 g/mol. The van der Waals surface area contributed by atoms with E-state index in [2.05, 4.69) is 31.1 Å². The summed E-state index contributed by atoms with van der Waals surface area (Å²) in [6.07, 6.45) is 0. The van der Waals surface area contributed by atoms with E-state index in [0.717, 1.165) is 12.1 Å². The van der Waals surface area contributed by atoms with Gasteiger partial charge in [0.15, 0.2) is 0 Å². The molecule has 4 aromatic rings. The Morgan fingerprint density at radius 3 is 1.35 bits per heavy atom. The van der Waals surface area contributed by atoms with Crippen LogP contribution in [-0.4, -0.2) is 45.2 Å². The van der Waals surface area contributed by atoms with Crippen molar-refractivity contribution >= 4 is 83.6 Å². The van der Waals surface area contributed by atoms with Crippen molar-refractivity contribution in [2.45, 2.75) is 37.5 Å². The fraction of sp³-hybridized carbons (Fsp3) is 0.194. The summed E-state index contributed by atoms with van der Waals surface area (Å²) in [6.45, 7) is 7.39. The predicted molar refractivity (Wildman–Crippen MR) is 185 cm³/mol. The van der Waals surface area contributed by atoms with E-state index in [1.54, 1.807) is 39.8 Å². The van der Waals surface area contributed by atoms with Crippen molar-refractivity contribution in [2.75, 3.05) is 23.8 Å². The molecule has 0 aromatic heterocycles. The third kappa shape index (κ3) is 12.2. The third-order valence-corrected chi connectivity index (χ3v) is 9.24. The van der Waals surface area contributed by atoms with E-state index in [1.165, 1.54) is 36.4 Å². The standard InChI is InChI=1S/C31H30Cl2N6O9S2.2Na/c1-5-47-27-15-23(38-36-19-7-9-21(32)29(13-19)49(41,42)43)17(3)11-25(27)34-31(40)35-26-12-18(4)24(16-28(26)48-6-2)39-37-20-8-10-22(33)30(14-20)50(44,45)46;;/h7-16H,5-6H2,1-4H3,(H2,34,35,40)(H,41,42,43)(H,44,45,46);;/q;2*+1/p-2. The van der Waals surface area contributed by atoms with Gasteiger partial charge in [-0.05, 0) is 87.4 Å². The van der Waals surface area contributed by atoms with Crippen LogP contribution in [0.1, 0.15) is 25.0 Å². The number of nitrogens with zero attached hydrogens (tertiary/aromatic N) is 4. The number of rotatable bonds is 12. The number of hydrogen-bond acceptors (Lipinski definition) is 13. The number of amides is 2. The van der Waals surface area contributed by atoms with Crippen LogP contribution in [0.25, 0.3) is 0 Å². The third-order valence-electron chi connectivity index (χ3n) is 6.61. The minimum atomic E-state index is -4.83. The number of nitrogens with one attached hydrogen (secondary N) is 2. The summed E-state index contributed by atoms with van der Waals surface area (Å²) in [6, 6.07) is 12.9. The van der Waals surface area contributed by atoms with Crippen molar-refractivity contribution in [3.8, 4) is 11.5 Å². The second-order valence-electron chi connectivity index (χ2n) is 10.3. The van der Waals surface area contributed by atoms with Crippen molar-refractivity contribution in [3.05, 3.63) is 81.8 Å². The van der Waals surface area contributed by atoms with Gasteiger partial charge in [-0.1, -0.05) is 23.2 Å². The number of carbonyl (C=O) groups is 1. The Kier molecular flexibility index (Phi) is 17.2. The van der Waals surface area contributed by atoms with Gasteiger partial charge >= 0.3 is 65.1 Å². The van der Waals surface area contributed by atoms with E-state index in [1.807, 2.05) is 0 Å². The molecule has 0 saturated heterocycles. The summed E-state index contributed by atoms with van der Waals surface area (Å²) in [5, 5.41) is 21.4. The fourth-order valence-electron chi connectivity index (χ4n) is 4.31. The van der Waals surface area contributed by atoms with Crippen molar-refractivity contribution < 1.29 is 99.3 Å². The molecular weight excluding hydrogens is 781 g/mol. The van der Waals surface area contributed by atoms with Gasteiger partial charge in [0, 0.05) is 12.1 Å². The maximum atomic E-state index is 13.2. The molecule has 0 bridgehead atoms. The van der Waals surface area contributed by atoms with Crippen LogP contribution in [-0.2, 0) is 20.2 Å². The predicted octanol–water partition coefficient (Wildman–Crippen LogP) is 2.70. The van der Waals surface area contributed by atoms with E-state index in [0.29, 0.717) is 33.9 Å². The molecule has 0 heterocycles. The van der Waals surface area contributed by atoms with Gasteiger partial charge in [0.05, 0.1) is 67.2 Å². The van der Waals surface area contributed by atoms with E-state index < -0.39 is 36.1 Å². The molecule has 0 aliphatic rings. The summed E-state index contributed by atoms with van der Waals surface area (Å²) >= 11 is 11.7. The number of urea groups is 1. The van der Waals surface area contributed by atoms with Gasteiger partial charge in [-0.2, -0.15) is 20.5 Å². The number of halogens is 2. The Labute approximate surface area is 354 Å². The van der Waals surface area contributed by atoms with E-state index >= 15 is 0 Å². The van der Waals surface area contributed by atoms with Crippen molar-refractivity contribution in [3.63, 3.8) is 0 Å². The molecule has 0 saturated carbocycles. The number of hydrogen-bond donors (Lipinski definition) is 2. The smallest absolute Gasteiger partial charge is 0.744 e. The van der Waals surface area contributed by atoms with Crippen LogP contribution in [0.2, 0.25) is 10.0 Å². The molecule has 52 heavy (non-hydrogen) atoms. The van der Waals surface area contributed by atoms with Crippen LogP contribution in [0.15, 0.2) is 90.9 Å². The number of aryl methyl sites for hydroxylation is 2. The molecule has 21 heteroatoms. The Hall–Kier alpha value is -2.65. The summed E-state index contributed by atoms with van der Waals surface area (Å²) < 4.78 is 80.3. The summed E-state index contributed by atoms with van der Waals surface area (Å²) in [7, 11) is -9.65. The van der Waals surface area contributed by atoms with Crippen molar-refractivity contribution in [1.82, 2.24) is 0 Å². The van der Waals surface area contributed by atoms with Gasteiger partial charge in [0.25, 0.3) is 0 Å². The maximum Gasteiger partial charge on any atom is 1.00 e. The largest absolute Gasteiger partial charge is 1.00 e. The van der Waals surface area contributed by atoms with Gasteiger partial charge < -0.3 is 29.2 Å². The molecule has 15 nitrogen and oxygen atoms in total. The zero-order chi connectivity index (χ0) is 36.8. The zero-order valence-electron chi connectivity index (χ0n) is 28.7. The number of anilines is 2. The van der Waals surface area contributed by atoms with E-state index in [4.69, 9.17) is 32.7 Å². The van der Waals surface area contributed by atoms with Gasteiger partial charge in [0.1, 0.15) is 31.7 Å². The number of carbonyl (C=O) groups excluding carboxylic acids is 1. The molecule has 0 aliphatic carbocycles. The second kappa shape index (κ2) is 19.6. The first-order chi connectivity index (χ1) is 23.5. The molecule has 0 fully saturated rings. The van der Waals surface area contributed by atoms with Crippen molar-refractivity contribution in [1.29, 1.82) is 0 Å². The van der Waals surface area contributed by atoms with Gasteiger partial charge in [-0.15, -0.1) is 0 Å². The molecule has 2 N–H and O–H groups in total. The summed E-state index contributed by atoms with van der Waals surface area (Å²) in [4.78, 5) is 12.0. The van der Waals surface area contributed by atoms with Gasteiger partial charge in [-0.3, -0.25) is 0 Å². The second-order valence-corrected chi connectivity index (χ2v) is 13.8. The van der Waals surface area contributed by atoms with Crippen LogP contribution in [0.5, 0.6) is 11.5 Å². The first kappa shape index (κ1) is 45.5. The van der Waals surface area contributed by atoms with E-state index in [9.17, 15) is 30.7 Å². The van der Waals surface area contributed by atoms with Crippen LogP contribution < -0.4 is 79.2 Å². The topological polar surface area (TPSA) is 223 Å². The Balaban J connectivity index is 0.00000468. The van der Waals surface area contributed by atoms with Crippen LogP contribution in [0.4, 0.5) is 38.9 Å². The molecule has 0 spiro atoms. The van der Waals surface area contributed by atoms with Crippen molar-refractivity contribution in [2.24, 2.45) is 20.5 Å². The fourth-order valence-corrected chi connectivity index (χ4v) is 6.25. The summed E-state index contributed by atoms with van der Waals surface area (Å²) in [5.74, 6) is 0.515. The average Bonchev–Trinajstić information content (AvgIpc) is 3.02. The maximum absolute atomic E-state index is 13.2. The van der Waals surface area contributed by atoms with Crippen LogP contribution in [0.3, 0.4) is 0 Å². The Bertz CT molecular complexity index is 2090. The molecule has 0 radical (unpaired) electrons. The minimum absolute atomic E-state index is 0. The molecule has 0 atom stereocenters. The number of benzene rings is 4. The van der Waals surface area contributed by atoms with Gasteiger partial charge in [-0.25, -0.2) is 21.6 Å². The molecule has 0 aliphatic heterocycles. The first-order valence-corrected chi connectivity index (χ1v) is 18.0. The molecule has 4 rings (SSSR count). The van der Waals surface area contributed by atoms with Gasteiger partial charge in [0.2, 0.25) is 0 Å². The Morgan fingerprint density at radius 2 is 1.02 bits per heavy atom. The Morgan fingerprint density at radius 1 is 0.654 bits per heavy atom. The zero-order valence-corrected chi connectivity index (χ0v) is 35.9. The molecule has 4 aromatic carbocycles. The SMILES string of the molecule is CCOc1cc(N=Nc2ccc(Cl)c(S(=O)(=O)[O-])c2)c(C)cc1NC(=O)Nc1cc(C)c(N=Nc2ccc(Cl)c(S(=O)(=O)[O-])c2)cc1OCC.[Na+].[Na+]. The normalized spacial score (nSPS) is 11.5. The molecular formula is C31H28Cl2N6Na2O9S2. The van der Waals surface area contributed by atoms with Crippen LogP contribution >= 0.6 is 23.2 Å². The first-order valence-electron chi connectivity index (χ1n) is 14.5. The minimum Gasteiger partial charge on any atom is -0.744 e. The van der Waals surface area contributed by atoms with Crippen LogP contribution in [0, 0.1) is 13.8 Å². The molecule has 0 unspecified atom stereocenters. The van der Waals surface area contributed by atoms with E-state index in [-0.39, 0.29) is 105 Å². The summed E-state index contributed by atoms with van der Waals surface area (Å²) in [5.41, 5.74) is 2.56. The molecule has 2 amide bonds.